The van der Waals surface area contributed by atoms with Crippen LogP contribution in [0, 0.1) is 23.6 Å². The SMILES string of the molecule is CCC=C(c1ccc(F)cc1)C(C(=O)OC)C(c1ccccc1)C(C)C(C)C. The van der Waals surface area contributed by atoms with Crippen LogP contribution in [0.25, 0.3) is 5.57 Å². The van der Waals surface area contributed by atoms with Crippen LogP contribution in [0.5, 0.6) is 0 Å². The maximum Gasteiger partial charge on any atom is 0.313 e. The van der Waals surface area contributed by atoms with Crippen molar-refractivity contribution in [1.82, 2.24) is 0 Å². The van der Waals surface area contributed by atoms with Crippen molar-refractivity contribution in [2.45, 2.75) is 40.0 Å². The number of carbonyl (C=O) groups is 1. The molecule has 0 spiro atoms. The molecule has 0 amide bonds. The van der Waals surface area contributed by atoms with Gasteiger partial charge < -0.3 is 4.74 Å². The van der Waals surface area contributed by atoms with E-state index in [1.165, 1.54) is 19.2 Å². The number of rotatable bonds is 8. The summed E-state index contributed by atoms with van der Waals surface area (Å²) in [5.74, 6) is -0.429. The molecule has 2 aromatic rings. The van der Waals surface area contributed by atoms with Crippen LogP contribution in [0.1, 0.15) is 51.2 Å². The van der Waals surface area contributed by atoms with Crippen LogP contribution in [0.15, 0.2) is 60.7 Å². The summed E-state index contributed by atoms with van der Waals surface area (Å²) in [4.78, 5) is 13.1. The molecule has 0 N–H and O–H groups in total. The highest BCUT2D eigenvalue weighted by Gasteiger charge is 2.38. The van der Waals surface area contributed by atoms with Crippen molar-refractivity contribution in [3.8, 4) is 0 Å². The molecule has 3 atom stereocenters. The number of halogens is 1. The molecule has 0 fully saturated rings. The van der Waals surface area contributed by atoms with E-state index in [9.17, 15) is 9.18 Å². The molecule has 0 aliphatic heterocycles. The first-order chi connectivity index (χ1) is 13.4. The predicted molar refractivity (Wildman–Crippen MR) is 113 cm³/mol. The molecule has 2 rings (SSSR count). The number of carbonyl (C=O) groups excluding carboxylic acids is 1. The fourth-order valence-corrected chi connectivity index (χ4v) is 3.77. The summed E-state index contributed by atoms with van der Waals surface area (Å²) in [5.41, 5.74) is 2.87. The Morgan fingerprint density at radius 2 is 1.64 bits per heavy atom. The zero-order chi connectivity index (χ0) is 20.7. The Morgan fingerprint density at radius 3 is 2.14 bits per heavy atom. The summed E-state index contributed by atoms with van der Waals surface area (Å²) < 4.78 is 18.8. The molecule has 2 nitrogen and oxygen atoms in total. The highest BCUT2D eigenvalue weighted by molar-refractivity contribution is 5.89. The third-order valence-electron chi connectivity index (χ3n) is 5.55. The maximum atomic E-state index is 13.5. The van der Waals surface area contributed by atoms with Crippen molar-refractivity contribution in [2.75, 3.05) is 7.11 Å². The molecule has 0 aliphatic carbocycles. The zero-order valence-electron chi connectivity index (χ0n) is 17.5. The lowest BCUT2D eigenvalue weighted by Crippen LogP contribution is -2.31. The van der Waals surface area contributed by atoms with Crippen LogP contribution in [-0.4, -0.2) is 13.1 Å². The molecular weight excluding hydrogens is 351 g/mol. The van der Waals surface area contributed by atoms with Gasteiger partial charge in [0.25, 0.3) is 0 Å². The van der Waals surface area contributed by atoms with Gasteiger partial charge in [0.2, 0.25) is 0 Å². The van der Waals surface area contributed by atoms with Gasteiger partial charge in [0.05, 0.1) is 13.0 Å². The standard InChI is InChI=1S/C25H31FO2/c1-6-10-22(19-13-15-21(26)16-14-19)24(25(27)28-5)23(18(4)17(2)3)20-11-8-7-9-12-20/h7-18,23-24H,6H2,1-5H3. The molecule has 3 unspecified atom stereocenters. The summed E-state index contributed by atoms with van der Waals surface area (Å²) in [5, 5.41) is 0. The molecule has 0 saturated carbocycles. The van der Waals surface area contributed by atoms with E-state index in [-0.39, 0.29) is 23.6 Å². The fourth-order valence-electron chi connectivity index (χ4n) is 3.77. The number of ether oxygens (including phenoxy) is 1. The minimum absolute atomic E-state index is 0.0449. The highest BCUT2D eigenvalue weighted by Crippen LogP contribution is 2.43. The van der Waals surface area contributed by atoms with E-state index in [1.807, 2.05) is 25.1 Å². The molecule has 3 heteroatoms. The normalized spacial score (nSPS) is 15.2. The predicted octanol–water partition coefficient (Wildman–Crippen LogP) is 6.48. The number of hydrogen-bond acceptors (Lipinski definition) is 2. The third-order valence-corrected chi connectivity index (χ3v) is 5.55. The Hall–Kier alpha value is -2.42. The molecule has 0 radical (unpaired) electrons. The van der Waals surface area contributed by atoms with E-state index in [0.29, 0.717) is 5.92 Å². The second-order valence-electron chi connectivity index (χ2n) is 7.62. The van der Waals surface area contributed by atoms with Crippen LogP contribution in [0.4, 0.5) is 4.39 Å². The van der Waals surface area contributed by atoms with E-state index in [2.05, 4.69) is 39.0 Å². The first-order valence-corrected chi connectivity index (χ1v) is 9.99. The molecule has 0 bridgehead atoms. The summed E-state index contributed by atoms with van der Waals surface area (Å²) in [6, 6.07) is 16.5. The van der Waals surface area contributed by atoms with Gasteiger partial charge in [-0.05, 0) is 47.1 Å². The molecule has 0 saturated heterocycles. The Morgan fingerprint density at radius 1 is 1.04 bits per heavy atom. The number of hydrogen-bond donors (Lipinski definition) is 0. The van der Waals surface area contributed by atoms with Crippen molar-refractivity contribution in [1.29, 1.82) is 0 Å². The Bertz CT molecular complexity index is 778. The smallest absolute Gasteiger partial charge is 0.313 e. The van der Waals surface area contributed by atoms with Gasteiger partial charge >= 0.3 is 5.97 Å². The lowest BCUT2D eigenvalue weighted by molar-refractivity contribution is -0.144. The van der Waals surface area contributed by atoms with Crippen molar-refractivity contribution >= 4 is 11.5 Å². The summed E-state index contributed by atoms with van der Waals surface area (Å²) in [7, 11) is 1.44. The highest BCUT2D eigenvalue weighted by atomic mass is 19.1. The molecule has 2 aromatic carbocycles. The second-order valence-corrected chi connectivity index (χ2v) is 7.62. The summed E-state index contributed by atoms with van der Waals surface area (Å²) >= 11 is 0. The number of allylic oxidation sites excluding steroid dienone is 1. The quantitative estimate of drug-likeness (QED) is 0.488. The van der Waals surface area contributed by atoms with E-state index in [0.717, 1.165) is 23.1 Å². The average molecular weight is 383 g/mol. The van der Waals surface area contributed by atoms with Crippen LogP contribution >= 0.6 is 0 Å². The summed E-state index contributed by atoms with van der Waals surface area (Å²) in [6.07, 6.45) is 2.84. The molecule has 0 heterocycles. The van der Waals surface area contributed by atoms with E-state index in [1.54, 1.807) is 12.1 Å². The van der Waals surface area contributed by atoms with Gasteiger partial charge in [0, 0.05) is 5.92 Å². The van der Waals surface area contributed by atoms with Gasteiger partial charge in [0.15, 0.2) is 0 Å². The number of esters is 1. The lowest BCUT2D eigenvalue weighted by Gasteiger charge is -2.34. The Kier molecular flexibility index (Phi) is 7.98. The van der Waals surface area contributed by atoms with Crippen LogP contribution < -0.4 is 0 Å². The average Bonchev–Trinajstić information content (AvgIpc) is 2.71. The maximum absolute atomic E-state index is 13.5. The number of methoxy groups -OCH3 is 1. The van der Waals surface area contributed by atoms with Crippen molar-refractivity contribution in [3.63, 3.8) is 0 Å². The van der Waals surface area contributed by atoms with Crippen molar-refractivity contribution in [2.24, 2.45) is 17.8 Å². The topological polar surface area (TPSA) is 26.3 Å². The zero-order valence-corrected chi connectivity index (χ0v) is 17.5. The molecule has 28 heavy (non-hydrogen) atoms. The third kappa shape index (κ3) is 5.09. The first-order valence-electron chi connectivity index (χ1n) is 9.99. The monoisotopic (exact) mass is 382 g/mol. The molecular formula is C25H31FO2. The van der Waals surface area contributed by atoms with Crippen molar-refractivity contribution in [3.05, 3.63) is 77.6 Å². The van der Waals surface area contributed by atoms with E-state index >= 15 is 0 Å². The van der Waals surface area contributed by atoms with Crippen LogP contribution in [-0.2, 0) is 9.53 Å². The van der Waals surface area contributed by atoms with Crippen LogP contribution in [0.3, 0.4) is 0 Å². The number of benzene rings is 2. The van der Waals surface area contributed by atoms with E-state index < -0.39 is 5.92 Å². The molecule has 0 aromatic heterocycles. The summed E-state index contributed by atoms with van der Waals surface area (Å²) in [6.45, 7) is 8.58. The van der Waals surface area contributed by atoms with Gasteiger partial charge in [0.1, 0.15) is 5.82 Å². The van der Waals surface area contributed by atoms with E-state index in [4.69, 9.17) is 4.74 Å². The molecule has 150 valence electrons. The minimum atomic E-state index is -0.463. The Balaban J connectivity index is 2.67. The van der Waals surface area contributed by atoms with Gasteiger partial charge in [-0.3, -0.25) is 4.79 Å². The minimum Gasteiger partial charge on any atom is -0.469 e. The van der Waals surface area contributed by atoms with Gasteiger partial charge in [-0.1, -0.05) is 76.2 Å². The Labute approximate surface area is 168 Å². The molecule has 0 aliphatic rings. The lowest BCUT2D eigenvalue weighted by atomic mass is 9.69. The largest absolute Gasteiger partial charge is 0.469 e. The van der Waals surface area contributed by atoms with Crippen molar-refractivity contribution < 1.29 is 13.9 Å². The van der Waals surface area contributed by atoms with Gasteiger partial charge in [-0.15, -0.1) is 0 Å². The van der Waals surface area contributed by atoms with Crippen LogP contribution in [0.2, 0.25) is 0 Å². The second kappa shape index (κ2) is 10.2. The van der Waals surface area contributed by atoms with Gasteiger partial charge in [-0.2, -0.15) is 0 Å². The van der Waals surface area contributed by atoms with Gasteiger partial charge in [-0.25, -0.2) is 4.39 Å². The first kappa shape index (κ1) is 21.9. The fraction of sp³-hybridized carbons (Fsp3) is 0.400.